The van der Waals surface area contributed by atoms with Crippen LogP contribution in [0.5, 0.6) is 0 Å². The summed E-state index contributed by atoms with van der Waals surface area (Å²) in [7, 11) is 1.58. The van der Waals surface area contributed by atoms with E-state index in [1.165, 1.54) is 0 Å². The van der Waals surface area contributed by atoms with Gasteiger partial charge in [0.1, 0.15) is 12.4 Å². The Morgan fingerprint density at radius 1 is 1.67 bits per heavy atom. The average Bonchev–Trinajstić information content (AvgIpc) is 2.34. The van der Waals surface area contributed by atoms with Crippen molar-refractivity contribution in [3.05, 3.63) is 0 Å². The van der Waals surface area contributed by atoms with Gasteiger partial charge in [0.2, 0.25) is 0 Å². The number of methoxy groups -OCH3 is 1. The minimum absolute atomic E-state index is 0.153. The van der Waals surface area contributed by atoms with Crippen molar-refractivity contribution in [3.8, 4) is 0 Å². The van der Waals surface area contributed by atoms with E-state index in [-0.39, 0.29) is 12.4 Å². The molecular weight excluding hydrogens is 120 g/mol. The summed E-state index contributed by atoms with van der Waals surface area (Å²) in [4.78, 5) is 10.1. The molecule has 1 fully saturated rings. The van der Waals surface area contributed by atoms with Gasteiger partial charge in [0.15, 0.2) is 6.29 Å². The predicted molar refractivity (Wildman–Crippen MR) is 31.0 cm³/mol. The molecule has 1 heterocycles. The molecule has 1 aliphatic rings. The first-order valence-electron chi connectivity index (χ1n) is 3.00. The molecule has 0 N–H and O–H groups in total. The summed E-state index contributed by atoms with van der Waals surface area (Å²) in [6.07, 6.45) is 2.07. The largest absolute Gasteiger partial charge is 0.356 e. The van der Waals surface area contributed by atoms with Crippen LogP contribution < -0.4 is 0 Å². The summed E-state index contributed by atoms with van der Waals surface area (Å²) in [6.45, 7) is 0. The van der Waals surface area contributed by atoms with Crippen molar-refractivity contribution in [2.45, 2.75) is 25.2 Å². The van der Waals surface area contributed by atoms with E-state index in [0.29, 0.717) is 0 Å². The Bertz CT molecular complexity index is 102. The Balaban J connectivity index is 2.28. The fraction of sp³-hybridized carbons (Fsp3) is 0.833. The highest BCUT2D eigenvalue weighted by molar-refractivity contribution is 5.56. The van der Waals surface area contributed by atoms with Gasteiger partial charge in [-0.15, -0.1) is 0 Å². The number of hydrogen-bond acceptors (Lipinski definition) is 3. The van der Waals surface area contributed by atoms with Crippen LogP contribution in [0.1, 0.15) is 12.8 Å². The minimum atomic E-state index is -0.227. The molecule has 3 heteroatoms. The van der Waals surface area contributed by atoms with E-state index in [0.717, 1.165) is 19.1 Å². The normalized spacial score (nSPS) is 34.8. The van der Waals surface area contributed by atoms with Gasteiger partial charge >= 0.3 is 0 Å². The van der Waals surface area contributed by atoms with Crippen molar-refractivity contribution >= 4 is 6.29 Å². The fourth-order valence-corrected chi connectivity index (χ4v) is 0.905. The molecule has 1 aliphatic heterocycles. The lowest BCUT2D eigenvalue weighted by atomic mass is 10.2. The first-order chi connectivity index (χ1) is 4.36. The van der Waals surface area contributed by atoms with Crippen LogP contribution in [0, 0.1) is 0 Å². The van der Waals surface area contributed by atoms with Gasteiger partial charge in [-0.1, -0.05) is 0 Å². The summed E-state index contributed by atoms with van der Waals surface area (Å²) < 4.78 is 9.93. The molecule has 0 spiro atoms. The lowest BCUT2D eigenvalue weighted by Gasteiger charge is -2.05. The number of carbonyl (C=O) groups excluding carboxylic acids is 1. The van der Waals surface area contributed by atoms with Gasteiger partial charge in [-0.3, -0.25) is 0 Å². The monoisotopic (exact) mass is 130 g/mol. The molecule has 9 heavy (non-hydrogen) atoms. The Morgan fingerprint density at radius 2 is 2.44 bits per heavy atom. The topological polar surface area (TPSA) is 35.5 Å². The Kier molecular flexibility index (Phi) is 2.19. The molecule has 3 nitrogen and oxygen atoms in total. The number of aldehydes is 1. The summed E-state index contributed by atoms with van der Waals surface area (Å²) in [5, 5.41) is 0. The van der Waals surface area contributed by atoms with Crippen LogP contribution in [-0.4, -0.2) is 25.8 Å². The average molecular weight is 130 g/mol. The van der Waals surface area contributed by atoms with Gasteiger partial charge in [-0.2, -0.15) is 0 Å². The van der Waals surface area contributed by atoms with Crippen LogP contribution in [0.2, 0.25) is 0 Å². The highest BCUT2D eigenvalue weighted by Crippen LogP contribution is 2.17. The zero-order valence-electron chi connectivity index (χ0n) is 5.37. The van der Waals surface area contributed by atoms with Crippen molar-refractivity contribution in [1.82, 2.24) is 0 Å². The lowest BCUT2D eigenvalue weighted by Crippen LogP contribution is -2.12. The Labute approximate surface area is 53.9 Å². The lowest BCUT2D eigenvalue weighted by molar-refractivity contribution is -0.136. The van der Waals surface area contributed by atoms with Crippen LogP contribution in [-0.2, 0) is 14.3 Å². The summed E-state index contributed by atoms with van der Waals surface area (Å²) in [6, 6.07) is 0. The zero-order valence-corrected chi connectivity index (χ0v) is 5.37. The quantitative estimate of drug-likeness (QED) is 0.505. The molecule has 0 bridgehead atoms. The van der Waals surface area contributed by atoms with Crippen molar-refractivity contribution < 1.29 is 14.3 Å². The minimum Gasteiger partial charge on any atom is -0.356 e. The standard InChI is InChI=1S/C6H10O3/c1-8-6-3-2-5(4-7)9-6/h4-6H,2-3H2,1H3/t5-,6+/m0/s1. The second-order valence-electron chi connectivity index (χ2n) is 2.05. The molecule has 2 atom stereocenters. The fourth-order valence-electron chi connectivity index (χ4n) is 0.905. The van der Waals surface area contributed by atoms with Crippen LogP contribution in [0.25, 0.3) is 0 Å². The number of carbonyl (C=O) groups is 1. The molecule has 52 valence electrons. The van der Waals surface area contributed by atoms with Gasteiger partial charge in [-0.25, -0.2) is 0 Å². The maximum Gasteiger partial charge on any atom is 0.158 e. The van der Waals surface area contributed by atoms with Crippen LogP contribution in [0.15, 0.2) is 0 Å². The van der Waals surface area contributed by atoms with E-state index in [4.69, 9.17) is 9.47 Å². The van der Waals surface area contributed by atoms with Crippen molar-refractivity contribution in [2.75, 3.05) is 7.11 Å². The van der Waals surface area contributed by atoms with E-state index in [1.807, 2.05) is 0 Å². The maximum absolute atomic E-state index is 10.1. The third kappa shape index (κ3) is 1.50. The van der Waals surface area contributed by atoms with E-state index in [2.05, 4.69) is 0 Å². The Hall–Kier alpha value is -0.410. The van der Waals surface area contributed by atoms with Gasteiger partial charge in [0.05, 0.1) is 0 Å². The third-order valence-corrected chi connectivity index (χ3v) is 1.43. The van der Waals surface area contributed by atoms with Gasteiger partial charge in [0.25, 0.3) is 0 Å². The molecule has 0 saturated carbocycles. The van der Waals surface area contributed by atoms with E-state index < -0.39 is 0 Å². The predicted octanol–water partition coefficient (Wildman–Crippen LogP) is 0.337. The smallest absolute Gasteiger partial charge is 0.158 e. The first kappa shape index (κ1) is 6.71. The summed E-state index contributed by atoms with van der Waals surface area (Å²) >= 11 is 0. The summed E-state index contributed by atoms with van der Waals surface area (Å²) in [5.41, 5.74) is 0. The van der Waals surface area contributed by atoms with Crippen LogP contribution >= 0.6 is 0 Å². The van der Waals surface area contributed by atoms with Gasteiger partial charge < -0.3 is 14.3 Å². The number of hydrogen-bond donors (Lipinski definition) is 0. The maximum atomic E-state index is 10.1. The van der Waals surface area contributed by atoms with Crippen molar-refractivity contribution in [1.29, 1.82) is 0 Å². The SMILES string of the molecule is CO[C@H]1CC[C@@H](C=O)O1. The molecule has 0 radical (unpaired) electrons. The number of rotatable bonds is 2. The molecule has 0 aliphatic carbocycles. The van der Waals surface area contributed by atoms with Gasteiger partial charge in [0, 0.05) is 13.5 Å². The molecule has 1 saturated heterocycles. The number of ether oxygens (including phenoxy) is 2. The zero-order chi connectivity index (χ0) is 6.69. The first-order valence-corrected chi connectivity index (χ1v) is 3.00. The molecule has 0 amide bonds. The van der Waals surface area contributed by atoms with E-state index in [1.54, 1.807) is 7.11 Å². The van der Waals surface area contributed by atoms with Crippen molar-refractivity contribution in [3.63, 3.8) is 0 Å². The van der Waals surface area contributed by atoms with Crippen LogP contribution in [0.3, 0.4) is 0 Å². The van der Waals surface area contributed by atoms with Crippen molar-refractivity contribution in [2.24, 2.45) is 0 Å². The van der Waals surface area contributed by atoms with Crippen LogP contribution in [0.4, 0.5) is 0 Å². The second-order valence-corrected chi connectivity index (χ2v) is 2.05. The molecule has 0 aromatic rings. The van der Waals surface area contributed by atoms with E-state index in [9.17, 15) is 4.79 Å². The van der Waals surface area contributed by atoms with Gasteiger partial charge in [-0.05, 0) is 6.42 Å². The second kappa shape index (κ2) is 2.94. The highest BCUT2D eigenvalue weighted by atomic mass is 16.7. The third-order valence-electron chi connectivity index (χ3n) is 1.43. The molecule has 1 rings (SSSR count). The van der Waals surface area contributed by atoms with E-state index >= 15 is 0 Å². The molecule has 0 unspecified atom stereocenters. The molecule has 0 aromatic heterocycles. The molecule has 0 aromatic carbocycles. The summed E-state index contributed by atoms with van der Waals surface area (Å²) in [5.74, 6) is 0. The molecular formula is C6H10O3. The highest BCUT2D eigenvalue weighted by Gasteiger charge is 2.23. The Morgan fingerprint density at radius 3 is 2.78 bits per heavy atom.